The van der Waals surface area contributed by atoms with Crippen molar-refractivity contribution in [1.29, 1.82) is 0 Å². The number of hydrogen-bond acceptors (Lipinski definition) is 2. The summed E-state index contributed by atoms with van der Waals surface area (Å²) in [5.74, 6) is 0.842. The van der Waals surface area contributed by atoms with Gasteiger partial charge in [-0.05, 0) is 42.9 Å². The molecule has 0 radical (unpaired) electrons. The van der Waals surface area contributed by atoms with E-state index in [1.54, 1.807) is 0 Å². The summed E-state index contributed by atoms with van der Waals surface area (Å²) in [7, 11) is 0. The fourth-order valence-corrected chi connectivity index (χ4v) is 1.64. The maximum atomic E-state index is 5.95. The van der Waals surface area contributed by atoms with Crippen LogP contribution in [-0.2, 0) is 0 Å². The monoisotopic (exact) mass is 221 g/mol. The Hall–Kier alpha value is -1.18. The molecule has 1 aromatic rings. The molecule has 0 amide bonds. The van der Waals surface area contributed by atoms with Crippen LogP contribution in [0.4, 0.5) is 5.69 Å². The molecule has 1 rings (SSSR count). The number of aryl methyl sites for hydroxylation is 2. The summed E-state index contributed by atoms with van der Waals surface area (Å²) in [6.07, 6.45) is 1.03. The second kappa shape index (κ2) is 4.77. The molecular formula is C14H23NO. The summed E-state index contributed by atoms with van der Waals surface area (Å²) in [4.78, 5) is 0. The van der Waals surface area contributed by atoms with Crippen LogP contribution in [0.5, 0.6) is 5.75 Å². The zero-order valence-corrected chi connectivity index (χ0v) is 11.1. The van der Waals surface area contributed by atoms with E-state index in [2.05, 4.69) is 26.8 Å². The van der Waals surface area contributed by atoms with Gasteiger partial charge in [0.15, 0.2) is 0 Å². The molecule has 0 aromatic heterocycles. The van der Waals surface area contributed by atoms with Gasteiger partial charge in [-0.25, -0.2) is 0 Å². The lowest BCUT2D eigenvalue weighted by molar-refractivity contribution is 0.243. The van der Waals surface area contributed by atoms with E-state index in [4.69, 9.17) is 10.5 Å². The molecule has 0 aliphatic heterocycles. The van der Waals surface area contributed by atoms with Crippen LogP contribution >= 0.6 is 0 Å². The van der Waals surface area contributed by atoms with Gasteiger partial charge in [0.1, 0.15) is 5.75 Å². The largest absolute Gasteiger partial charge is 0.491 e. The van der Waals surface area contributed by atoms with E-state index in [-0.39, 0.29) is 0 Å². The molecule has 0 saturated carbocycles. The minimum Gasteiger partial charge on any atom is -0.491 e. The number of rotatable bonds is 3. The summed E-state index contributed by atoms with van der Waals surface area (Å²) in [5.41, 5.74) is 9.28. The van der Waals surface area contributed by atoms with Gasteiger partial charge in [-0.15, -0.1) is 0 Å². The smallest absolute Gasteiger partial charge is 0.145 e. The summed E-state index contributed by atoms with van der Waals surface area (Å²) in [5, 5.41) is 0. The third-order valence-electron chi connectivity index (χ3n) is 2.55. The Labute approximate surface area is 98.8 Å². The van der Waals surface area contributed by atoms with Crippen LogP contribution in [-0.4, -0.2) is 6.61 Å². The fourth-order valence-electron chi connectivity index (χ4n) is 1.64. The van der Waals surface area contributed by atoms with E-state index in [9.17, 15) is 0 Å². The zero-order valence-electron chi connectivity index (χ0n) is 11.1. The molecule has 2 heteroatoms. The molecule has 0 unspecified atom stereocenters. The number of anilines is 1. The van der Waals surface area contributed by atoms with Crippen molar-refractivity contribution >= 4 is 5.69 Å². The van der Waals surface area contributed by atoms with Crippen LogP contribution in [0.25, 0.3) is 0 Å². The normalized spacial score (nSPS) is 11.6. The molecular weight excluding hydrogens is 198 g/mol. The van der Waals surface area contributed by atoms with Crippen LogP contribution in [0.1, 0.15) is 38.3 Å². The average Bonchev–Trinajstić information content (AvgIpc) is 2.07. The van der Waals surface area contributed by atoms with Gasteiger partial charge in [-0.3, -0.25) is 0 Å². The highest BCUT2D eigenvalue weighted by atomic mass is 16.5. The second-order valence-electron chi connectivity index (χ2n) is 5.66. The van der Waals surface area contributed by atoms with E-state index in [1.807, 2.05) is 19.9 Å². The Morgan fingerprint density at radius 2 is 1.81 bits per heavy atom. The highest BCUT2D eigenvalue weighted by Crippen LogP contribution is 2.28. The molecule has 0 saturated heterocycles. The average molecular weight is 221 g/mol. The van der Waals surface area contributed by atoms with Crippen molar-refractivity contribution in [2.45, 2.75) is 41.0 Å². The van der Waals surface area contributed by atoms with Gasteiger partial charge in [0.05, 0.1) is 12.3 Å². The van der Waals surface area contributed by atoms with Crippen molar-refractivity contribution in [2.75, 3.05) is 12.3 Å². The molecule has 0 aliphatic carbocycles. The number of benzene rings is 1. The molecule has 0 aliphatic rings. The lowest BCUT2D eigenvalue weighted by atomic mass is 9.93. The first-order valence-corrected chi connectivity index (χ1v) is 5.79. The SMILES string of the molecule is Cc1cc(C)c(OCCC(C)(C)C)c(N)c1. The van der Waals surface area contributed by atoms with Crippen molar-refractivity contribution in [2.24, 2.45) is 5.41 Å². The Kier molecular flexibility index (Phi) is 3.84. The van der Waals surface area contributed by atoms with Crippen molar-refractivity contribution < 1.29 is 4.74 Å². The first-order chi connectivity index (χ1) is 7.29. The summed E-state index contributed by atoms with van der Waals surface area (Å²) in [6, 6.07) is 4.06. The van der Waals surface area contributed by atoms with Gasteiger partial charge in [0.2, 0.25) is 0 Å². The van der Waals surface area contributed by atoms with Crippen molar-refractivity contribution in [3.8, 4) is 5.75 Å². The van der Waals surface area contributed by atoms with E-state index < -0.39 is 0 Å². The van der Waals surface area contributed by atoms with E-state index >= 15 is 0 Å². The molecule has 0 atom stereocenters. The van der Waals surface area contributed by atoms with E-state index in [1.165, 1.54) is 5.56 Å². The molecule has 0 bridgehead atoms. The number of ether oxygens (including phenoxy) is 1. The maximum Gasteiger partial charge on any atom is 0.145 e. The van der Waals surface area contributed by atoms with Gasteiger partial charge >= 0.3 is 0 Å². The Balaban J connectivity index is 2.68. The van der Waals surface area contributed by atoms with Crippen LogP contribution in [0, 0.1) is 19.3 Å². The highest BCUT2D eigenvalue weighted by Gasteiger charge is 2.11. The van der Waals surface area contributed by atoms with Crippen LogP contribution in [0.15, 0.2) is 12.1 Å². The number of hydrogen-bond donors (Lipinski definition) is 1. The standard InChI is InChI=1S/C14H23NO/c1-10-8-11(2)13(12(15)9-10)16-7-6-14(3,4)5/h8-9H,6-7,15H2,1-5H3. The topological polar surface area (TPSA) is 35.2 Å². The Morgan fingerprint density at radius 1 is 1.19 bits per heavy atom. The molecule has 0 spiro atoms. The first-order valence-electron chi connectivity index (χ1n) is 5.79. The Bertz CT molecular complexity index is 340. The Morgan fingerprint density at radius 3 is 2.31 bits per heavy atom. The van der Waals surface area contributed by atoms with Crippen molar-refractivity contribution in [1.82, 2.24) is 0 Å². The molecule has 2 N–H and O–H groups in total. The lowest BCUT2D eigenvalue weighted by Gasteiger charge is -2.19. The molecule has 0 heterocycles. The van der Waals surface area contributed by atoms with Crippen LogP contribution < -0.4 is 10.5 Å². The van der Waals surface area contributed by atoms with Crippen LogP contribution in [0.3, 0.4) is 0 Å². The third-order valence-corrected chi connectivity index (χ3v) is 2.55. The fraction of sp³-hybridized carbons (Fsp3) is 0.571. The molecule has 16 heavy (non-hydrogen) atoms. The zero-order chi connectivity index (χ0) is 12.3. The first kappa shape index (κ1) is 12.9. The van der Waals surface area contributed by atoms with E-state index in [0.29, 0.717) is 5.41 Å². The van der Waals surface area contributed by atoms with Gasteiger partial charge in [-0.2, -0.15) is 0 Å². The van der Waals surface area contributed by atoms with Gasteiger partial charge < -0.3 is 10.5 Å². The molecule has 1 aromatic carbocycles. The lowest BCUT2D eigenvalue weighted by Crippen LogP contribution is -2.12. The van der Waals surface area contributed by atoms with Crippen molar-refractivity contribution in [3.63, 3.8) is 0 Å². The van der Waals surface area contributed by atoms with Crippen molar-refractivity contribution in [3.05, 3.63) is 23.3 Å². The molecule has 90 valence electrons. The van der Waals surface area contributed by atoms with Gasteiger partial charge in [-0.1, -0.05) is 26.8 Å². The van der Waals surface area contributed by atoms with Gasteiger partial charge in [0.25, 0.3) is 0 Å². The quantitative estimate of drug-likeness (QED) is 0.790. The molecule has 2 nitrogen and oxygen atoms in total. The second-order valence-corrected chi connectivity index (χ2v) is 5.66. The predicted octanol–water partition coefficient (Wildman–Crippen LogP) is 3.70. The minimum absolute atomic E-state index is 0.299. The van der Waals surface area contributed by atoms with Crippen LogP contribution in [0.2, 0.25) is 0 Å². The molecule has 0 fully saturated rings. The summed E-state index contributed by atoms with van der Waals surface area (Å²) < 4.78 is 5.77. The third kappa shape index (κ3) is 3.76. The number of nitrogens with two attached hydrogens (primary N) is 1. The maximum absolute atomic E-state index is 5.95. The highest BCUT2D eigenvalue weighted by molar-refractivity contribution is 5.58. The number of nitrogen functional groups attached to an aromatic ring is 1. The van der Waals surface area contributed by atoms with Gasteiger partial charge in [0, 0.05) is 0 Å². The summed E-state index contributed by atoms with van der Waals surface area (Å²) in [6.45, 7) is 11.4. The van der Waals surface area contributed by atoms with E-state index in [0.717, 1.165) is 30.0 Å². The predicted molar refractivity (Wildman–Crippen MR) is 69.9 cm³/mol. The minimum atomic E-state index is 0.299. The summed E-state index contributed by atoms with van der Waals surface area (Å²) >= 11 is 0.